The van der Waals surface area contributed by atoms with Crippen LogP contribution in [0.1, 0.15) is 52.4 Å². The van der Waals surface area contributed by atoms with Gasteiger partial charge < -0.3 is 4.74 Å². The third-order valence-electron chi connectivity index (χ3n) is 4.33. The molecule has 0 amide bonds. The molecule has 0 radical (unpaired) electrons. The van der Waals surface area contributed by atoms with Gasteiger partial charge in [0.2, 0.25) is 0 Å². The molecule has 1 fully saturated rings. The summed E-state index contributed by atoms with van der Waals surface area (Å²) in [6, 6.07) is 0. The van der Waals surface area contributed by atoms with Gasteiger partial charge in [-0.15, -0.1) is 6.58 Å². The number of Topliss-reactive ketones (excluding diaryl/α,β-unsaturated/α-hetero) is 1. The number of unbranched alkanes of at least 4 members (excludes halogenated alkanes) is 1. The van der Waals surface area contributed by atoms with Crippen molar-refractivity contribution in [1.82, 2.24) is 0 Å². The summed E-state index contributed by atoms with van der Waals surface area (Å²) in [4.78, 5) is 24.4. The number of esters is 1. The monoisotopic (exact) mass is 252 g/mol. The molecule has 1 saturated carbocycles. The highest BCUT2D eigenvalue weighted by Gasteiger charge is 2.58. The lowest BCUT2D eigenvalue weighted by atomic mass is 9.61. The summed E-state index contributed by atoms with van der Waals surface area (Å²) in [5, 5.41) is 0. The Bertz CT molecular complexity index is 344. The number of carbonyl (C=O) groups is 2. The lowest BCUT2D eigenvalue weighted by Crippen LogP contribution is -2.48. The first kappa shape index (κ1) is 14.9. The van der Waals surface area contributed by atoms with Crippen molar-refractivity contribution >= 4 is 11.8 Å². The Morgan fingerprint density at radius 1 is 1.56 bits per heavy atom. The second kappa shape index (κ2) is 5.68. The van der Waals surface area contributed by atoms with Crippen LogP contribution in [0.5, 0.6) is 0 Å². The first-order valence-electron chi connectivity index (χ1n) is 6.65. The van der Waals surface area contributed by atoms with Crippen LogP contribution in [0, 0.1) is 10.8 Å². The van der Waals surface area contributed by atoms with E-state index in [0.717, 1.165) is 25.7 Å². The minimum Gasteiger partial charge on any atom is -0.468 e. The fourth-order valence-corrected chi connectivity index (χ4v) is 3.15. The average molecular weight is 252 g/mol. The van der Waals surface area contributed by atoms with E-state index < -0.39 is 5.41 Å². The van der Waals surface area contributed by atoms with Crippen LogP contribution in [-0.2, 0) is 14.3 Å². The van der Waals surface area contributed by atoms with E-state index in [9.17, 15) is 9.59 Å². The van der Waals surface area contributed by atoms with E-state index in [1.807, 2.05) is 19.9 Å². The Morgan fingerprint density at radius 2 is 2.22 bits per heavy atom. The molecule has 0 heterocycles. The zero-order chi connectivity index (χ0) is 13.8. The molecule has 0 aromatic rings. The second-order valence-electron chi connectivity index (χ2n) is 5.74. The SMILES string of the molecule is C=CCCCC(C)(C)C1(C(=O)OC)CCCC1=O. The Kier molecular flexibility index (Phi) is 4.71. The second-order valence-corrected chi connectivity index (χ2v) is 5.74. The lowest BCUT2D eigenvalue weighted by molar-refractivity contribution is -0.165. The van der Waals surface area contributed by atoms with Gasteiger partial charge in [-0.3, -0.25) is 9.59 Å². The molecule has 3 heteroatoms. The van der Waals surface area contributed by atoms with Gasteiger partial charge >= 0.3 is 5.97 Å². The van der Waals surface area contributed by atoms with Gasteiger partial charge in [-0.05, 0) is 37.5 Å². The quantitative estimate of drug-likeness (QED) is 0.315. The molecular weight excluding hydrogens is 228 g/mol. The number of methoxy groups -OCH3 is 1. The molecule has 102 valence electrons. The zero-order valence-corrected chi connectivity index (χ0v) is 11.8. The molecule has 1 atom stereocenters. The van der Waals surface area contributed by atoms with Crippen molar-refractivity contribution in [2.24, 2.45) is 10.8 Å². The molecule has 0 N–H and O–H groups in total. The predicted octanol–water partition coefficient (Wildman–Crippen LogP) is 3.28. The van der Waals surface area contributed by atoms with E-state index in [1.54, 1.807) is 0 Å². The smallest absolute Gasteiger partial charge is 0.319 e. The van der Waals surface area contributed by atoms with Crippen molar-refractivity contribution in [3.8, 4) is 0 Å². The normalized spacial score (nSPS) is 24.1. The van der Waals surface area contributed by atoms with E-state index >= 15 is 0 Å². The van der Waals surface area contributed by atoms with Crippen molar-refractivity contribution in [1.29, 1.82) is 0 Å². The molecule has 1 unspecified atom stereocenters. The molecule has 18 heavy (non-hydrogen) atoms. The highest BCUT2D eigenvalue weighted by molar-refractivity contribution is 6.06. The van der Waals surface area contributed by atoms with Crippen molar-refractivity contribution < 1.29 is 14.3 Å². The van der Waals surface area contributed by atoms with Crippen molar-refractivity contribution in [3.05, 3.63) is 12.7 Å². The largest absolute Gasteiger partial charge is 0.468 e. The van der Waals surface area contributed by atoms with E-state index in [1.165, 1.54) is 7.11 Å². The van der Waals surface area contributed by atoms with Gasteiger partial charge in [-0.25, -0.2) is 0 Å². The van der Waals surface area contributed by atoms with E-state index in [-0.39, 0.29) is 17.2 Å². The number of ether oxygens (including phenoxy) is 1. The molecule has 0 aromatic heterocycles. The zero-order valence-electron chi connectivity index (χ0n) is 11.8. The Morgan fingerprint density at radius 3 is 2.67 bits per heavy atom. The number of hydrogen-bond donors (Lipinski definition) is 0. The van der Waals surface area contributed by atoms with E-state index in [4.69, 9.17) is 4.74 Å². The fourth-order valence-electron chi connectivity index (χ4n) is 3.15. The highest BCUT2D eigenvalue weighted by atomic mass is 16.5. The average Bonchev–Trinajstić information content (AvgIpc) is 2.72. The third-order valence-corrected chi connectivity index (χ3v) is 4.33. The molecule has 1 aliphatic rings. The number of ketones is 1. The molecule has 0 spiro atoms. The van der Waals surface area contributed by atoms with Crippen LogP contribution in [0.2, 0.25) is 0 Å². The maximum atomic E-state index is 12.3. The first-order chi connectivity index (χ1) is 8.42. The van der Waals surface area contributed by atoms with Crippen LogP contribution in [0.3, 0.4) is 0 Å². The summed E-state index contributed by atoms with van der Waals surface area (Å²) in [5.74, 6) is -0.299. The Labute approximate surface area is 110 Å². The molecule has 0 saturated heterocycles. The predicted molar refractivity (Wildman–Crippen MR) is 71.1 cm³/mol. The van der Waals surface area contributed by atoms with Gasteiger partial charge in [-0.1, -0.05) is 19.9 Å². The maximum absolute atomic E-state index is 12.3. The van der Waals surface area contributed by atoms with Gasteiger partial charge in [0, 0.05) is 6.42 Å². The molecule has 0 aromatic carbocycles. The summed E-state index contributed by atoms with van der Waals surface area (Å²) in [7, 11) is 1.37. The standard InChI is InChI=1S/C15H24O3/c1-5-6-7-10-14(2,3)15(13(17)18-4)11-8-9-12(15)16/h5H,1,6-11H2,2-4H3. The van der Waals surface area contributed by atoms with Crippen LogP contribution in [0.15, 0.2) is 12.7 Å². The van der Waals surface area contributed by atoms with Crippen LogP contribution in [0.25, 0.3) is 0 Å². The van der Waals surface area contributed by atoms with Crippen LogP contribution >= 0.6 is 0 Å². The number of rotatable bonds is 6. The molecule has 1 aliphatic carbocycles. The third kappa shape index (κ3) is 2.36. The summed E-state index contributed by atoms with van der Waals surface area (Å²) in [6.45, 7) is 7.72. The summed E-state index contributed by atoms with van der Waals surface area (Å²) in [5.41, 5.74) is -1.28. The first-order valence-corrected chi connectivity index (χ1v) is 6.65. The summed E-state index contributed by atoms with van der Waals surface area (Å²) < 4.78 is 4.92. The van der Waals surface area contributed by atoms with Gasteiger partial charge in [0.1, 0.15) is 5.41 Å². The lowest BCUT2D eigenvalue weighted by Gasteiger charge is -2.40. The van der Waals surface area contributed by atoms with Crippen molar-refractivity contribution in [2.45, 2.75) is 52.4 Å². The van der Waals surface area contributed by atoms with Gasteiger partial charge in [0.05, 0.1) is 7.11 Å². The van der Waals surface area contributed by atoms with E-state index in [2.05, 4.69) is 6.58 Å². The van der Waals surface area contributed by atoms with Crippen LogP contribution in [-0.4, -0.2) is 18.9 Å². The minimum atomic E-state index is -0.928. The van der Waals surface area contributed by atoms with Crippen molar-refractivity contribution in [2.75, 3.05) is 7.11 Å². The fraction of sp³-hybridized carbons (Fsp3) is 0.733. The molecule has 0 aliphatic heterocycles. The van der Waals surface area contributed by atoms with Gasteiger partial charge in [0.25, 0.3) is 0 Å². The van der Waals surface area contributed by atoms with Crippen molar-refractivity contribution in [3.63, 3.8) is 0 Å². The number of carbonyl (C=O) groups excluding carboxylic acids is 2. The van der Waals surface area contributed by atoms with Crippen LogP contribution in [0.4, 0.5) is 0 Å². The minimum absolute atomic E-state index is 0.0537. The maximum Gasteiger partial charge on any atom is 0.319 e. The van der Waals surface area contributed by atoms with Crippen LogP contribution < -0.4 is 0 Å². The van der Waals surface area contributed by atoms with Gasteiger partial charge in [0.15, 0.2) is 5.78 Å². The number of hydrogen-bond acceptors (Lipinski definition) is 3. The van der Waals surface area contributed by atoms with Gasteiger partial charge in [-0.2, -0.15) is 0 Å². The Balaban J connectivity index is 2.99. The summed E-state index contributed by atoms with van der Waals surface area (Å²) >= 11 is 0. The topological polar surface area (TPSA) is 43.4 Å². The number of allylic oxidation sites excluding steroid dienone is 1. The molecular formula is C15H24O3. The summed E-state index contributed by atoms with van der Waals surface area (Å²) in [6.07, 6.45) is 6.48. The van der Waals surface area contributed by atoms with E-state index in [0.29, 0.717) is 12.8 Å². The molecule has 3 nitrogen and oxygen atoms in total. The Hall–Kier alpha value is -1.12. The molecule has 0 bridgehead atoms. The molecule has 1 rings (SSSR count). The highest BCUT2D eigenvalue weighted by Crippen LogP contribution is 2.52.